The van der Waals surface area contributed by atoms with Gasteiger partial charge in [0, 0.05) is 23.6 Å². The van der Waals surface area contributed by atoms with E-state index < -0.39 is 23.0 Å². The van der Waals surface area contributed by atoms with Gasteiger partial charge in [-0.25, -0.2) is 9.78 Å². The Kier molecular flexibility index (Phi) is 5.10. The SMILES string of the molecule is CCN1C(OC(=O)c2cncnn2)COCC1S(C)=O. The second-order valence-electron chi connectivity index (χ2n) is 4.18. The van der Waals surface area contributed by atoms with Gasteiger partial charge >= 0.3 is 5.97 Å². The molecule has 0 saturated carbocycles. The largest absolute Gasteiger partial charge is 0.439 e. The molecule has 0 radical (unpaired) electrons. The Morgan fingerprint density at radius 3 is 3.00 bits per heavy atom. The smallest absolute Gasteiger partial charge is 0.362 e. The molecule has 110 valence electrons. The summed E-state index contributed by atoms with van der Waals surface area (Å²) in [4.78, 5) is 17.5. The van der Waals surface area contributed by atoms with Crippen LogP contribution in [0.5, 0.6) is 0 Å². The first-order valence-corrected chi connectivity index (χ1v) is 7.75. The third-order valence-electron chi connectivity index (χ3n) is 2.94. The molecule has 1 aromatic rings. The Morgan fingerprint density at radius 1 is 1.60 bits per heavy atom. The summed E-state index contributed by atoms with van der Waals surface area (Å²) in [7, 11) is -1.09. The van der Waals surface area contributed by atoms with Crippen molar-refractivity contribution in [3.63, 3.8) is 0 Å². The highest BCUT2D eigenvalue weighted by molar-refractivity contribution is 7.84. The van der Waals surface area contributed by atoms with Gasteiger partial charge < -0.3 is 9.47 Å². The minimum Gasteiger partial charge on any atom is -0.439 e. The van der Waals surface area contributed by atoms with Crippen LogP contribution in [0.15, 0.2) is 12.5 Å². The van der Waals surface area contributed by atoms with Gasteiger partial charge in [-0.15, -0.1) is 10.2 Å². The zero-order chi connectivity index (χ0) is 14.5. The van der Waals surface area contributed by atoms with Gasteiger partial charge in [0.1, 0.15) is 11.7 Å². The number of hydrogen-bond acceptors (Lipinski definition) is 8. The molecular weight excluding hydrogens is 284 g/mol. The number of rotatable bonds is 4. The lowest BCUT2D eigenvalue weighted by molar-refractivity contribution is -0.120. The van der Waals surface area contributed by atoms with E-state index in [1.54, 1.807) is 6.26 Å². The van der Waals surface area contributed by atoms with Crippen molar-refractivity contribution in [3.8, 4) is 0 Å². The van der Waals surface area contributed by atoms with E-state index in [9.17, 15) is 9.00 Å². The molecule has 1 aromatic heterocycles. The maximum absolute atomic E-state index is 11.9. The van der Waals surface area contributed by atoms with Gasteiger partial charge in [-0.3, -0.25) is 9.11 Å². The molecule has 0 spiro atoms. The molecule has 0 bridgehead atoms. The van der Waals surface area contributed by atoms with E-state index in [0.29, 0.717) is 13.2 Å². The lowest BCUT2D eigenvalue weighted by Crippen LogP contribution is -2.55. The summed E-state index contributed by atoms with van der Waals surface area (Å²) in [5, 5.41) is 6.88. The van der Waals surface area contributed by atoms with E-state index in [1.165, 1.54) is 12.5 Å². The molecule has 0 aromatic carbocycles. The summed E-state index contributed by atoms with van der Waals surface area (Å²) < 4.78 is 22.4. The van der Waals surface area contributed by atoms with Gasteiger partial charge in [0.2, 0.25) is 0 Å². The van der Waals surface area contributed by atoms with E-state index in [4.69, 9.17) is 9.47 Å². The summed E-state index contributed by atoms with van der Waals surface area (Å²) in [5.74, 6) is -0.625. The Labute approximate surface area is 118 Å². The molecule has 3 unspecified atom stereocenters. The predicted molar refractivity (Wildman–Crippen MR) is 70.1 cm³/mol. The third kappa shape index (κ3) is 3.35. The normalized spacial score (nSPS) is 25.1. The van der Waals surface area contributed by atoms with Crippen LogP contribution < -0.4 is 0 Å². The van der Waals surface area contributed by atoms with Crippen LogP contribution in [0.4, 0.5) is 0 Å². The van der Waals surface area contributed by atoms with Gasteiger partial charge in [-0.2, -0.15) is 0 Å². The fraction of sp³-hybridized carbons (Fsp3) is 0.636. The van der Waals surface area contributed by atoms with Crippen LogP contribution >= 0.6 is 0 Å². The maximum Gasteiger partial charge on any atom is 0.362 e. The fourth-order valence-corrected chi connectivity index (χ4v) is 2.92. The lowest BCUT2D eigenvalue weighted by atomic mass is 10.3. The van der Waals surface area contributed by atoms with Crippen molar-refractivity contribution in [1.82, 2.24) is 20.1 Å². The Morgan fingerprint density at radius 2 is 2.40 bits per heavy atom. The lowest BCUT2D eigenvalue weighted by Gasteiger charge is -2.39. The van der Waals surface area contributed by atoms with Gasteiger partial charge in [0.05, 0.1) is 19.4 Å². The molecule has 0 amide bonds. The summed E-state index contributed by atoms with van der Waals surface area (Å²) in [5.41, 5.74) is 0.0308. The number of ether oxygens (including phenoxy) is 2. The molecule has 1 aliphatic heterocycles. The second-order valence-corrected chi connectivity index (χ2v) is 5.72. The number of carbonyl (C=O) groups is 1. The van der Waals surface area contributed by atoms with Crippen LogP contribution in [0.3, 0.4) is 0 Å². The van der Waals surface area contributed by atoms with Crippen molar-refractivity contribution in [2.45, 2.75) is 18.5 Å². The zero-order valence-corrected chi connectivity index (χ0v) is 12.1. The summed E-state index contributed by atoms with van der Waals surface area (Å²) in [6.07, 6.45) is 3.53. The van der Waals surface area contributed by atoms with E-state index >= 15 is 0 Å². The van der Waals surface area contributed by atoms with Crippen molar-refractivity contribution in [2.75, 3.05) is 26.0 Å². The highest BCUT2D eigenvalue weighted by Gasteiger charge is 2.35. The molecule has 8 nitrogen and oxygen atoms in total. The number of nitrogens with zero attached hydrogens (tertiary/aromatic N) is 4. The average molecular weight is 300 g/mol. The molecular formula is C11H16N4O4S. The van der Waals surface area contributed by atoms with Crippen molar-refractivity contribution >= 4 is 16.8 Å². The number of likely N-dealkylation sites (N-methyl/N-ethyl adjacent to an activating group) is 1. The fourth-order valence-electron chi connectivity index (χ4n) is 1.97. The number of morpholine rings is 1. The Hall–Kier alpha value is -1.45. The van der Waals surface area contributed by atoms with Crippen molar-refractivity contribution in [3.05, 3.63) is 18.2 Å². The standard InChI is InChI=1S/C11H16N4O4S/c1-3-15-9(5-18-6-10(15)20(2)17)19-11(16)8-4-12-7-13-14-8/h4,7,9-10H,3,5-6H2,1-2H3. The number of aromatic nitrogens is 3. The monoisotopic (exact) mass is 300 g/mol. The minimum atomic E-state index is -1.09. The summed E-state index contributed by atoms with van der Waals surface area (Å²) in [6, 6.07) is 0. The first-order chi connectivity index (χ1) is 9.63. The first kappa shape index (κ1) is 14.9. The molecule has 2 rings (SSSR count). The molecule has 0 N–H and O–H groups in total. The Bertz CT molecular complexity index is 487. The predicted octanol–water partition coefficient (Wildman–Crippen LogP) is -0.589. The summed E-state index contributed by atoms with van der Waals surface area (Å²) >= 11 is 0. The second kappa shape index (κ2) is 6.82. The minimum absolute atomic E-state index is 0.0308. The van der Waals surface area contributed by atoms with Crippen LogP contribution in [0.25, 0.3) is 0 Å². The van der Waals surface area contributed by atoms with Gasteiger partial charge in [0.25, 0.3) is 0 Å². The van der Waals surface area contributed by atoms with Gasteiger partial charge in [-0.1, -0.05) is 6.92 Å². The molecule has 20 heavy (non-hydrogen) atoms. The third-order valence-corrected chi connectivity index (χ3v) is 4.11. The van der Waals surface area contributed by atoms with E-state index in [1.807, 2.05) is 11.8 Å². The molecule has 9 heteroatoms. The highest BCUT2D eigenvalue weighted by atomic mass is 32.2. The number of hydrogen-bond donors (Lipinski definition) is 0. The molecule has 0 aliphatic carbocycles. The summed E-state index contributed by atoms with van der Waals surface area (Å²) in [6.45, 7) is 3.11. The van der Waals surface area contributed by atoms with Gasteiger partial charge in [-0.05, 0) is 0 Å². The molecule has 1 fully saturated rings. The zero-order valence-electron chi connectivity index (χ0n) is 11.3. The maximum atomic E-state index is 11.9. The van der Waals surface area contributed by atoms with Gasteiger partial charge in [0.15, 0.2) is 11.9 Å². The van der Waals surface area contributed by atoms with E-state index in [0.717, 1.165) is 0 Å². The molecule has 2 heterocycles. The van der Waals surface area contributed by atoms with Crippen LogP contribution in [0, 0.1) is 0 Å². The molecule has 1 saturated heterocycles. The van der Waals surface area contributed by atoms with Crippen molar-refractivity contribution in [1.29, 1.82) is 0 Å². The topological polar surface area (TPSA) is 94.5 Å². The van der Waals surface area contributed by atoms with Crippen LogP contribution in [-0.4, -0.2) is 67.9 Å². The van der Waals surface area contributed by atoms with E-state index in [-0.39, 0.29) is 17.7 Å². The Balaban J connectivity index is 2.07. The number of carbonyl (C=O) groups excluding carboxylic acids is 1. The van der Waals surface area contributed by atoms with Crippen molar-refractivity contribution < 1.29 is 18.5 Å². The van der Waals surface area contributed by atoms with Crippen LogP contribution in [0.2, 0.25) is 0 Å². The molecule has 1 aliphatic rings. The molecule has 3 atom stereocenters. The average Bonchev–Trinajstić information content (AvgIpc) is 2.47. The first-order valence-electron chi connectivity index (χ1n) is 6.13. The quantitative estimate of drug-likeness (QED) is 0.681. The van der Waals surface area contributed by atoms with Crippen LogP contribution in [0.1, 0.15) is 17.4 Å². The highest BCUT2D eigenvalue weighted by Crippen LogP contribution is 2.17. The number of esters is 1. The van der Waals surface area contributed by atoms with E-state index in [2.05, 4.69) is 15.2 Å². The van der Waals surface area contributed by atoms with Crippen molar-refractivity contribution in [2.24, 2.45) is 0 Å². The van der Waals surface area contributed by atoms with Crippen LogP contribution in [-0.2, 0) is 20.3 Å².